The number of thioether (sulfide) groups is 1. The summed E-state index contributed by atoms with van der Waals surface area (Å²) < 4.78 is 5.72. The minimum absolute atomic E-state index is 0.0150. The van der Waals surface area contributed by atoms with Crippen LogP contribution in [0.15, 0.2) is 30.3 Å². The summed E-state index contributed by atoms with van der Waals surface area (Å²) in [4.78, 5) is 14.5. The average Bonchev–Trinajstić information content (AvgIpc) is 3.09. The normalized spacial score (nSPS) is 16.8. The highest BCUT2D eigenvalue weighted by molar-refractivity contribution is 7.99. The van der Waals surface area contributed by atoms with E-state index in [-0.39, 0.29) is 17.9 Å². The smallest absolute Gasteiger partial charge is 0.261 e. The van der Waals surface area contributed by atoms with Crippen molar-refractivity contribution in [2.75, 3.05) is 18.9 Å². The lowest BCUT2D eigenvalue weighted by molar-refractivity contribution is -0.133. The van der Waals surface area contributed by atoms with Gasteiger partial charge >= 0.3 is 0 Å². The van der Waals surface area contributed by atoms with Gasteiger partial charge in [-0.15, -0.1) is 11.8 Å². The molecule has 0 spiro atoms. The molecule has 26 heavy (non-hydrogen) atoms. The summed E-state index contributed by atoms with van der Waals surface area (Å²) in [5.41, 5.74) is 2.83. The monoisotopic (exact) mass is 429 g/mol. The number of carbonyl (C=O) groups is 1. The molecule has 138 valence electrons. The second kappa shape index (κ2) is 8.30. The maximum Gasteiger partial charge on any atom is 0.261 e. The van der Waals surface area contributed by atoms with Crippen molar-refractivity contribution in [3.8, 4) is 5.75 Å². The van der Waals surface area contributed by atoms with Gasteiger partial charge in [0.1, 0.15) is 11.1 Å². The maximum absolute atomic E-state index is 12.7. The molecule has 0 unspecified atom stereocenters. The lowest BCUT2D eigenvalue weighted by Crippen LogP contribution is -2.34. The minimum Gasteiger partial charge on any atom is -0.484 e. The van der Waals surface area contributed by atoms with Gasteiger partial charge in [0.25, 0.3) is 5.91 Å². The van der Waals surface area contributed by atoms with E-state index in [9.17, 15) is 4.79 Å². The van der Waals surface area contributed by atoms with Crippen LogP contribution >= 0.6 is 46.6 Å². The molecule has 0 bridgehead atoms. The molecule has 3 nitrogen and oxygen atoms in total. The first-order valence-electron chi connectivity index (χ1n) is 8.12. The molecule has 1 aliphatic rings. The number of nitrogens with zero attached hydrogens (tertiary/aromatic N) is 1. The van der Waals surface area contributed by atoms with E-state index >= 15 is 0 Å². The second-order valence-electron chi connectivity index (χ2n) is 6.14. The van der Waals surface area contributed by atoms with Gasteiger partial charge in [-0.1, -0.05) is 40.9 Å². The number of carbonyl (C=O) groups excluding carboxylic acids is 1. The van der Waals surface area contributed by atoms with Crippen LogP contribution in [0.4, 0.5) is 0 Å². The van der Waals surface area contributed by atoms with Crippen LogP contribution in [-0.4, -0.2) is 29.7 Å². The highest BCUT2D eigenvalue weighted by Crippen LogP contribution is 2.39. The van der Waals surface area contributed by atoms with Crippen molar-refractivity contribution in [3.05, 3.63) is 62.1 Å². The highest BCUT2D eigenvalue weighted by atomic mass is 35.5. The number of amides is 1. The van der Waals surface area contributed by atoms with Gasteiger partial charge < -0.3 is 9.64 Å². The fraction of sp³-hybridized carbons (Fsp3) is 0.316. The Morgan fingerprint density at radius 3 is 2.50 bits per heavy atom. The molecular formula is C19H18Cl3NO2S. The molecule has 7 heteroatoms. The lowest BCUT2D eigenvalue weighted by Gasteiger charge is -2.24. The third-order valence-corrected chi connectivity index (χ3v) is 6.81. The number of hydrogen-bond donors (Lipinski definition) is 0. The van der Waals surface area contributed by atoms with Gasteiger partial charge in [0.05, 0.1) is 10.0 Å². The molecule has 0 saturated carbocycles. The summed E-state index contributed by atoms with van der Waals surface area (Å²) in [5.74, 6) is 1.46. The van der Waals surface area contributed by atoms with E-state index in [2.05, 4.69) is 0 Å². The third kappa shape index (κ3) is 4.25. The Bertz CT molecular complexity index is 821. The largest absolute Gasteiger partial charge is 0.484 e. The molecule has 3 rings (SSSR count). The van der Waals surface area contributed by atoms with E-state index in [1.54, 1.807) is 17.8 Å². The molecule has 0 radical (unpaired) electrons. The van der Waals surface area contributed by atoms with Gasteiger partial charge in [0, 0.05) is 17.3 Å². The zero-order valence-corrected chi connectivity index (χ0v) is 17.5. The van der Waals surface area contributed by atoms with Crippen LogP contribution in [-0.2, 0) is 4.79 Å². The highest BCUT2D eigenvalue weighted by Gasteiger charge is 2.31. The molecule has 1 amide bonds. The molecule has 1 atom stereocenters. The van der Waals surface area contributed by atoms with E-state index in [1.165, 1.54) is 0 Å². The quantitative estimate of drug-likeness (QED) is 0.603. The van der Waals surface area contributed by atoms with Crippen LogP contribution in [0.25, 0.3) is 0 Å². The maximum atomic E-state index is 12.7. The third-order valence-electron chi connectivity index (χ3n) is 4.21. The first kappa shape index (κ1) is 19.7. The first-order valence-corrected chi connectivity index (χ1v) is 10.3. The Morgan fingerprint density at radius 1 is 1.15 bits per heavy atom. The second-order valence-corrected chi connectivity index (χ2v) is 8.52. The van der Waals surface area contributed by atoms with Gasteiger partial charge in [-0.25, -0.2) is 0 Å². The Morgan fingerprint density at radius 2 is 1.85 bits per heavy atom. The predicted molar refractivity (Wildman–Crippen MR) is 110 cm³/mol. The van der Waals surface area contributed by atoms with E-state index in [0.717, 1.165) is 27.5 Å². The van der Waals surface area contributed by atoms with Crippen LogP contribution in [0, 0.1) is 13.8 Å². The predicted octanol–water partition coefficient (Wildman–Crippen LogP) is 5.92. The molecule has 1 saturated heterocycles. The molecule has 2 aromatic rings. The minimum atomic E-state index is -0.0745. The van der Waals surface area contributed by atoms with Crippen molar-refractivity contribution in [3.63, 3.8) is 0 Å². The zero-order valence-electron chi connectivity index (χ0n) is 14.4. The number of aryl methyl sites for hydroxylation is 2. The summed E-state index contributed by atoms with van der Waals surface area (Å²) in [7, 11) is 0. The van der Waals surface area contributed by atoms with Gasteiger partial charge in [-0.2, -0.15) is 0 Å². The van der Waals surface area contributed by atoms with E-state index in [4.69, 9.17) is 39.5 Å². The van der Waals surface area contributed by atoms with Gasteiger partial charge in [0.2, 0.25) is 0 Å². The van der Waals surface area contributed by atoms with Crippen molar-refractivity contribution < 1.29 is 9.53 Å². The summed E-state index contributed by atoms with van der Waals surface area (Å²) in [6, 6.07) is 9.18. The van der Waals surface area contributed by atoms with Crippen molar-refractivity contribution in [1.82, 2.24) is 4.90 Å². The Labute approximate surface area is 172 Å². The van der Waals surface area contributed by atoms with Crippen molar-refractivity contribution in [1.29, 1.82) is 0 Å². The first-order chi connectivity index (χ1) is 12.4. The summed E-state index contributed by atoms with van der Waals surface area (Å²) in [5, 5.41) is 1.65. The number of halogens is 3. The van der Waals surface area contributed by atoms with Crippen LogP contribution < -0.4 is 4.74 Å². The Balaban J connectivity index is 1.69. The fourth-order valence-electron chi connectivity index (χ4n) is 2.89. The SMILES string of the molecule is Cc1cc(OCC(=O)N2CCS[C@H]2c2ccc(Cl)c(Cl)c2)cc(C)c1Cl. The average molecular weight is 431 g/mol. The van der Waals surface area contributed by atoms with Crippen LogP contribution in [0.5, 0.6) is 5.75 Å². The van der Waals surface area contributed by atoms with Crippen molar-refractivity contribution in [2.24, 2.45) is 0 Å². The van der Waals surface area contributed by atoms with Gasteiger partial charge in [0.15, 0.2) is 6.61 Å². The molecule has 0 aromatic heterocycles. The zero-order chi connectivity index (χ0) is 18.8. The summed E-state index contributed by atoms with van der Waals surface area (Å²) in [6.45, 7) is 4.50. The van der Waals surface area contributed by atoms with Crippen molar-refractivity contribution in [2.45, 2.75) is 19.2 Å². The van der Waals surface area contributed by atoms with Crippen LogP contribution in [0.2, 0.25) is 15.1 Å². The van der Waals surface area contributed by atoms with Gasteiger partial charge in [-0.05, 0) is 54.8 Å². The Kier molecular flexibility index (Phi) is 6.29. The molecule has 0 aliphatic carbocycles. The summed E-state index contributed by atoms with van der Waals surface area (Å²) in [6.07, 6.45) is 0. The van der Waals surface area contributed by atoms with Crippen LogP contribution in [0.1, 0.15) is 22.1 Å². The number of benzene rings is 2. The van der Waals surface area contributed by atoms with Gasteiger partial charge in [-0.3, -0.25) is 4.79 Å². The fourth-order valence-corrected chi connectivity index (χ4v) is 4.57. The van der Waals surface area contributed by atoms with E-state index in [1.807, 2.05) is 43.0 Å². The topological polar surface area (TPSA) is 29.5 Å². The molecule has 1 heterocycles. The summed E-state index contributed by atoms with van der Waals surface area (Å²) >= 11 is 20.0. The van der Waals surface area contributed by atoms with Crippen LogP contribution in [0.3, 0.4) is 0 Å². The number of ether oxygens (including phenoxy) is 1. The molecule has 0 N–H and O–H groups in total. The Hall–Kier alpha value is -1.07. The molecular weight excluding hydrogens is 413 g/mol. The lowest BCUT2D eigenvalue weighted by atomic mass is 10.1. The standard InChI is InChI=1S/C19H18Cl3NO2S/c1-11-7-14(8-12(2)18(11)22)25-10-17(24)23-5-6-26-19(23)13-3-4-15(20)16(21)9-13/h3-4,7-9,19H,5-6,10H2,1-2H3/t19-/m0/s1. The molecule has 2 aromatic carbocycles. The molecule has 1 aliphatic heterocycles. The van der Waals surface area contributed by atoms with Crippen molar-refractivity contribution >= 4 is 52.5 Å². The number of hydrogen-bond acceptors (Lipinski definition) is 3. The molecule has 1 fully saturated rings. The van der Waals surface area contributed by atoms with E-state index < -0.39 is 0 Å². The van der Waals surface area contributed by atoms with E-state index in [0.29, 0.717) is 22.3 Å². The number of rotatable bonds is 4.